The highest BCUT2D eigenvalue weighted by Gasteiger charge is 2.29. The van der Waals surface area contributed by atoms with E-state index >= 15 is 0 Å². The summed E-state index contributed by atoms with van der Waals surface area (Å²) in [5.41, 5.74) is 3.47. The van der Waals surface area contributed by atoms with Crippen molar-refractivity contribution in [1.29, 1.82) is 0 Å². The van der Waals surface area contributed by atoms with Crippen LogP contribution in [0.1, 0.15) is 21.5 Å². The molecule has 1 amide bonds. The van der Waals surface area contributed by atoms with Gasteiger partial charge in [0.25, 0.3) is 5.91 Å². The van der Waals surface area contributed by atoms with Crippen LogP contribution in [-0.2, 0) is 23.0 Å². The van der Waals surface area contributed by atoms with Gasteiger partial charge in [-0.05, 0) is 74.1 Å². The number of halogens is 2. The van der Waals surface area contributed by atoms with Gasteiger partial charge in [0.05, 0.1) is 15.1 Å². The maximum atomic E-state index is 13.6. The van der Waals surface area contributed by atoms with Crippen molar-refractivity contribution < 1.29 is 13.2 Å². The van der Waals surface area contributed by atoms with Crippen molar-refractivity contribution in [3.63, 3.8) is 0 Å². The SMILES string of the molecule is CN(C)CCN(C(=O)c1ccc(S(=O)(=O)N2CCc3ccccc3C2)cc1)c1nc2ccc(Br)cc2s1.Cl. The fourth-order valence-corrected chi connectivity index (χ4v) is 7.30. The monoisotopic (exact) mass is 634 g/mol. The third kappa shape index (κ3) is 5.95. The van der Waals surface area contributed by atoms with E-state index in [2.05, 4.69) is 15.9 Å². The first-order valence-electron chi connectivity index (χ1n) is 11.9. The number of carbonyl (C=O) groups is 1. The number of hydrogen-bond donors (Lipinski definition) is 0. The van der Waals surface area contributed by atoms with Crippen LogP contribution in [0.3, 0.4) is 0 Å². The number of likely N-dealkylation sites (N-methyl/N-ethyl adjacent to an activating group) is 1. The Morgan fingerprint density at radius 1 is 1.03 bits per heavy atom. The molecule has 11 heteroatoms. The Morgan fingerprint density at radius 2 is 1.74 bits per heavy atom. The van der Waals surface area contributed by atoms with E-state index in [1.54, 1.807) is 17.0 Å². The molecular formula is C27H28BrClN4O3S2. The predicted octanol–water partition coefficient (Wildman–Crippen LogP) is 5.44. The second-order valence-electron chi connectivity index (χ2n) is 9.25. The van der Waals surface area contributed by atoms with Gasteiger partial charge in [-0.15, -0.1) is 12.4 Å². The molecule has 0 atom stereocenters. The average Bonchev–Trinajstić information content (AvgIpc) is 3.31. The number of sulfonamides is 1. The summed E-state index contributed by atoms with van der Waals surface area (Å²) in [4.78, 5) is 22.2. The molecule has 0 spiro atoms. The summed E-state index contributed by atoms with van der Waals surface area (Å²) in [6.07, 6.45) is 0.686. The van der Waals surface area contributed by atoms with E-state index in [1.165, 1.54) is 33.3 Å². The van der Waals surface area contributed by atoms with Crippen molar-refractivity contribution in [2.75, 3.05) is 38.6 Å². The lowest BCUT2D eigenvalue weighted by atomic mass is 10.0. The smallest absolute Gasteiger partial charge is 0.260 e. The molecule has 0 radical (unpaired) electrons. The zero-order chi connectivity index (χ0) is 26.2. The van der Waals surface area contributed by atoms with Crippen molar-refractivity contribution in [3.05, 3.63) is 87.9 Å². The molecule has 3 aromatic carbocycles. The van der Waals surface area contributed by atoms with Crippen LogP contribution in [0.4, 0.5) is 5.13 Å². The zero-order valence-electron chi connectivity index (χ0n) is 21.0. The van der Waals surface area contributed by atoms with Crippen molar-refractivity contribution in [2.45, 2.75) is 17.9 Å². The van der Waals surface area contributed by atoms with Crippen LogP contribution < -0.4 is 4.90 Å². The number of rotatable bonds is 7. The van der Waals surface area contributed by atoms with Gasteiger partial charge in [0, 0.05) is 36.2 Å². The molecule has 0 bridgehead atoms. The summed E-state index contributed by atoms with van der Waals surface area (Å²) >= 11 is 4.95. The fraction of sp³-hybridized carbons (Fsp3) is 0.259. The summed E-state index contributed by atoms with van der Waals surface area (Å²) in [6, 6.07) is 20.0. The minimum Gasteiger partial charge on any atom is -0.308 e. The second-order valence-corrected chi connectivity index (χ2v) is 13.1. The van der Waals surface area contributed by atoms with E-state index in [0.717, 1.165) is 20.3 Å². The summed E-state index contributed by atoms with van der Waals surface area (Å²) in [7, 11) is 0.235. The Hall–Kier alpha value is -2.34. The number of nitrogens with zero attached hydrogens (tertiary/aromatic N) is 4. The van der Waals surface area contributed by atoms with E-state index in [0.29, 0.717) is 43.3 Å². The highest BCUT2D eigenvalue weighted by Crippen LogP contribution is 2.32. The van der Waals surface area contributed by atoms with Gasteiger partial charge in [0.1, 0.15) is 0 Å². The highest BCUT2D eigenvalue weighted by atomic mass is 79.9. The van der Waals surface area contributed by atoms with Crippen molar-refractivity contribution in [3.8, 4) is 0 Å². The molecule has 1 aliphatic rings. The molecule has 2 heterocycles. The number of anilines is 1. The van der Waals surface area contributed by atoms with Crippen LogP contribution >= 0.6 is 39.7 Å². The lowest BCUT2D eigenvalue weighted by Gasteiger charge is -2.28. The number of hydrogen-bond acceptors (Lipinski definition) is 6. The van der Waals surface area contributed by atoms with Gasteiger partial charge in [-0.3, -0.25) is 9.69 Å². The predicted molar refractivity (Wildman–Crippen MR) is 159 cm³/mol. The Balaban J connectivity index is 0.00000336. The molecule has 0 aliphatic carbocycles. The molecule has 1 aromatic heterocycles. The third-order valence-corrected chi connectivity index (χ3v) is 9.81. The number of fused-ring (bicyclic) bond motifs is 2. The maximum Gasteiger partial charge on any atom is 0.260 e. The molecule has 5 rings (SSSR count). The Kier molecular flexibility index (Phi) is 8.91. The van der Waals surface area contributed by atoms with Crippen molar-refractivity contribution in [2.24, 2.45) is 0 Å². The number of benzene rings is 3. The summed E-state index contributed by atoms with van der Waals surface area (Å²) in [6.45, 7) is 1.91. The first-order valence-corrected chi connectivity index (χ1v) is 15.0. The van der Waals surface area contributed by atoms with Crippen LogP contribution in [0, 0.1) is 0 Å². The van der Waals surface area contributed by atoms with Gasteiger partial charge < -0.3 is 4.90 Å². The van der Waals surface area contributed by atoms with E-state index in [9.17, 15) is 13.2 Å². The summed E-state index contributed by atoms with van der Waals surface area (Å²) in [5, 5.41) is 0.614. The van der Waals surface area contributed by atoms with E-state index in [4.69, 9.17) is 4.98 Å². The summed E-state index contributed by atoms with van der Waals surface area (Å²) < 4.78 is 30.1. The number of carbonyl (C=O) groups excluding carboxylic acids is 1. The molecular weight excluding hydrogens is 608 g/mol. The van der Waals surface area contributed by atoms with Gasteiger partial charge in [-0.25, -0.2) is 13.4 Å². The zero-order valence-corrected chi connectivity index (χ0v) is 25.0. The van der Waals surface area contributed by atoms with Gasteiger partial charge in [0.15, 0.2) is 5.13 Å². The quantitative estimate of drug-likeness (QED) is 0.271. The topological polar surface area (TPSA) is 73.8 Å². The van der Waals surface area contributed by atoms with Crippen molar-refractivity contribution >= 4 is 71.0 Å². The molecule has 0 saturated heterocycles. The molecule has 4 aromatic rings. The lowest BCUT2D eigenvalue weighted by molar-refractivity contribution is 0.0985. The highest BCUT2D eigenvalue weighted by molar-refractivity contribution is 9.10. The number of thiazole rings is 1. The van der Waals surface area contributed by atoms with Crippen molar-refractivity contribution in [1.82, 2.24) is 14.2 Å². The minimum atomic E-state index is -3.68. The van der Waals surface area contributed by atoms with Gasteiger partial charge >= 0.3 is 0 Å². The molecule has 0 fully saturated rings. The fourth-order valence-electron chi connectivity index (χ4n) is 4.34. The summed E-state index contributed by atoms with van der Waals surface area (Å²) in [5.74, 6) is -0.212. The van der Waals surface area contributed by atoms with Crippen LogP contribution in [0.15, 0.2) is 76.1 Å². The van der Waals surface area contributed by atoms with Crippen LogP contribution in [-0.4, -0.2) is 62.2 Å². The number of amides is 1. The van der Waals surface area contributed by atoms with Gasteiger partial charge in [0.2, 0.25) is 10.0 Å². The third-order valence-electron chi connectivity index (χ3n) is 6.42. The first-order chi connectivity index (χ1) is 17.7. The maximum absolute atomic E-state index is 13.6. The Morgan fingerprint density at radius 3 is 2.45 bits per heavy atom. The average molecular weight is 636 g/mol. The van der Waals surface area contributed by atoms with Gasteiger partial charge in [-0.1, -0.05) is 51.5 Å². The van der Waals surface area contributed by atoms with E-state index in [1.807, 2.05) is 61.5 Å². The molecule has 0 unspecified atom stereocenters. The molecule has 200 valence electrons. The Labute approximate surface area is 241 Å². The second kappa shape index (κ2) is 11.8. The number of aromatic nitrogens is 1. The molecule has 0 N–H and O–H groups in total. The standard InChI is InChI=1S/C27H27BrN4O3S2.ClH/c1-30(2)15-16-32(27-29-24-12-9-22(28)17-25(24)36-27)26(33)20-7-10-23(11-8-20)37(34,35)31-14-13-19-5-3-4-6-21(19)18-31;/h3-12,17H,13-16,18H2,1-2H3;1H. The van der Waals surface area contributed by atoms with E-state index in [-0.39, 0.29) is 23.2 Å². The lowest BCUT2D eigenvalue weighted by Crippen LogP contribution is -2.37. The van der Waals surface area contributed by atoms with Crippen LogP contribution in [0.25, 0.3) is 10.2 Å². The molecule has 1 aliphatic heterocycles. The molecule has 7 nitrogen and oxygen atoms in total. The first kappa shape index (κ1) is 28.7. The molecule has 0 saturated carbocycles. The largest absolute Gasteiger partial charge is 0.308 e. The van der Waals surface area contributed by atoms with E-state index < -0.39 is 10.0 Å². The van der Waals surface area contributed by atoms with Gasteiger partial charge in [-0.2, -0.15) is 4.31 Å². The Bertz CT molecular complexity index is 1560. The van der Waals surface area contributed by atoms with Crippen LogP contribution in [0.2, 0.25) is 0 Å². The van der Waals surface area contributed by atoms with Crippen LogP contribution in [0.5, 0.6) is 0 Å². The minimum absolute atomic E-state index is 0. The molecule has 38 heavy (non-hydrogen) atoms. The normalized spacial score (nSPS) is 13.8.